The minimum atomic E-state index is -5.20. The second-order valence-electron chi connectivity index (χ2n) is 3.46. The highest BCUT2D eigenvalue weighted by atomic mass is 35.5. The molecule has 100 valence electrons. The quantitative estimate of drug-likeness (QED) is 0.891. The fourth-order valence-electron chi connectivity index (χ4n) is 1.38. The molecule has 0 aromatic heterocycles. The lowest BCUT2D eigenvalue weighted by molar-refractivity contribution is -0.205. The van der Waals surface area contributed by atoms with Crippen LogP contribution < -0.4 is 10.5 Å². The first-order valence-electron chi connectivity index (χ1n) is 4.57. The predicted molar refractivity (Wildman–Crippen MR) is 57.6 cm³/mol. The Hall–Kier alpha value is -1.47. The Labute approximate surface area is 105 Å². The number of rotatable bonds is 3. The van der Waals surface area contributed by atoms with E-state index in [0.29, 0.717) is 0 Å². The van der Waals surface area contributed by atoms with Crippen LogP contribution in [0.4, 0.5) is 13.2 Å². The number of carboxylic acids is 1. The van der Waals surface area contributed by atoms with Crippen LogP contribution in [-0.4, -0.2) is 24.4 Å². The topological polar surface area (TPSA) is 72.5 Å². The van der Waals surface area contributed by atoms with Crippen molar-refractivity contribution in [3.8, 4) is 5.75 Å². The molecule has 1 atom stereocenters. The van der Waals surface area contributed by atoms with Crippen LogP contribution in [0.1, 0.15) is 5.56 Å². The predicted octanol–water partition coefficient (Wildman–Crippen LogP) is 2.15. The Balaban J connectivity index is 3.58. The fraction of sp³-hybridized carbons (Fsp3) is 0.300. The van der Waals surface area contributed by atoms with Crippen molar-refractivity contribution in [3.05, 3.63) is 28.8 Å². The van der Waals surface area contributed by atoms with Gasteiger partial charge in [-0.2, -0.15) is 13.2 Å². The molecule has 1 aromatic rings. The fourth-order valence-corrected chi connectivity index (χ4v) is 1.55. The van der Waals surface area contributed by atoms with Crippen LogP contribution in [0.3, 0.4) is 0 Å². The maximum Gasteiger partial charge on any atom is 0.421 e. The van der Waals surface area contributed by atoms with Gasteiger partial charge in [0.15, 0.2) is 0 Å². The zero-order valence-corrected chi connectivity index (χ0v) is 9.84. The Morgan fingerprint density at radius 1 is 1.44 bits per heavy atom. The number of hydrogen-bond acceptors (Lipinski definition) is 3. The van der Waals surface area contributed by atoms with Crippen LogP contribution >= 0.6 is 11.6 Å². The number of aliphatic carboxylic acids is 1. The number of hydrogen-bond donors (Lipinski definition) is 2. The van der Waals surface area contributed by atoms with Crippen LogP contribution in [-0.2, 0) is 10.3 Å². The maximum absolute atomic E-state index is 12.9. The van der Waals surface area contributed by atoms with Crippen molar-refractivity contribution < 1.29 is 27.8 Å². The molecule has 0 aliphatic heterocycles. The number of benzene rings is 1. The summed E-state index contributed by atoms with van der Waals surface area (Å²) in [5.74, 6) is -2.54. The first-order valence-corrected chi connectivity index (χ1v) is 4.95. The van der Waals surface area contributed by atoms with Gasteiger partial charge in [-0.05, 0) is 18.2 Å². The Morgan fingerprint density at radius 2 is 2.00 bits per heavy atom. The lowest BCUT2D eigenvalue weighted by atomic mass is 9.89. The van der Waals surface area contributed by atoms with Gasteiger partial charge in [0.2, 0.25) is 5.54 Å². The van der Waals surface area contributed by atoms with Crippen molar-refractivity contribution in [1.82, 2.24) is 0 Å². The minimum Gasteiger partial charge on any atom is -0.496 e. The summed E-state index contributed by atoms with van der Waals surface area (Å²) in [4.78, 5) is 10.9. The molecule has 0 radical (unpaired) electrons. The number of ether oxygens (including phenoxy) is 1. The highest BCUT2D eigenvalue weighted by Gasteiger charge is 2.60. The number of nitrogens with two attached hydrogens (primary N) is 1. The monoisotopic (exact) mass is 283 g/mol. The molecule has 0 heterocycles. The number of carbonyl (C=O) groups is 1. The first kappa shape index (κ1) is 14.6. The van der Waals surface area contributed by atoms with Crippen LogP contribution in [0.2, 0.25) is 5.02 Å². The van der Waals surface area contributed by atoms with E-state index < -0.39 is 23.2 Å². The van der Waals surface area contributed by atoms with E-state index in [9.17, 15) is 18.0 Å². The van der Waals surface area contributed by atoms with Crippen molar-refractivity contribution in [2.45, 2.75) is 11.7 Å². The van der Waals surface area contributed by atoms with Gasteiger partial charge in [-0.3, -0.25) is 0 Å². The molecule has 0 saturated carbocycles. The second-order valence-corrected chi connectivity index (χ2v) is 3.89. The third-order valence-electron chi connectivity index (χ3n) is 2.37. The molecule has 0 bridgehead atoms. The molecule has 8 heteroatoms. The summed E-state index contributed by atoms with van der Waals surface area (Å²) < 4.78 is 43.3. The minimum absolute atomic E-state index is 0.0777. The van der Waals surface area contributed by atoms with E-state index >= 15 is 0 Å². The van der Waals surface area contributed by atoms with Crippen LogP contribution in [0.5, 0.6) is 5.75 Å². The third kappa shape index (κ3) is 2.23. The Morgan fingerprint density at radius 3 is 2.39 bits per heavy atom. The normalized spacial score (nSPS) is 15.0. The van der Waals surface area contributed by atoms with Crippen molar-refractivity contribution in [1.29, 1.82) is 0 Å². The first-order chi connectivity index (χ1) is 8.14. The Bertz CT molecular complexity index is 478. The van der Waals surface area contributed by atoms with Crippen molar-refractivity contribution in [2.75, 3.05) is 7.11 Å². The summed E-state index contributed by atoms with van der Waals surface area (Å²) in [6.45, 7) is 0. The maximum atomic E-state index is 12.9. The van der Waals surface area contributed by atoms with Crippen molar-refractivity contribution >= 4 is 17.6 Å². The van der Waals surface area contributed by atoms with Gasteiger partial charge in [0.05, 0.1) is 7.11 Å². The summed E-state index contributed by atoms with van der Waals surface area (Å²) >= 11 is 5.56. The van der Waals surface area contributed by atoms with Crippen molar-refractivity contribution in [2.24, 2.45) is 5.73 Å². The molecule has 1 aromatic carbocycles. The van der Waals surface area contributed by atoms with E-state index in [2.05, 4.69) is 4.74 Å². The van der Waals surface area contributed by atoms with E-state index in [-0.39, 0.29) is 10.8 Å². The van der Waals surface area contributed by atoms with Crippen LogP contribution in [0, 0.1) is 0 Å². The summed E-state index contributed by atoms with van der Waals surface area (Å²) in [6.07, 6.45) is -5.20. The third-order valence-corrected chi connectivity index (χ3v) is 2.61. The number of alkyl halides is 3. The van der Waals surface area contributed by atoms with E-state index in [1.807, 2.05) is 0 Å². The molecule has 3 N–H and O–H groups in total. The van der Waals surface area contributed by atoms with Crippen molar-refractivity contribution in [3.63, 3.8) is 0 Å². The molecule has 0 amide bonds. The SMILES string of the molecule is COc1ccc(Cl)cc1C(N)(C(=O)O)C(F)(F)F. The van der Waals surface area contributed by atoms with Gasteiger partial charge in [-0.25, -0.2) is 4.79 Å². The number of carboxylic acid groups (broad SMARTS) is 1. The molecule has 0 spiro atoms. The number of halogens is 4. The largest absolute Gasteiger partial charge is 0.496 e. The standard InChI is InChI=1S/C10H9ClF3NO3/c1-18-7-3-2-5(11)4-6(7)9(15,8(16)17)10(12,13)14/h2-4H,15H2,1H3,(H,16,17). The summed E-state index contributed by atoms with van der Waals surface area (Å²) in [5, 5.41) is 8.71. The second kappa shape index (κ2) is 4.66. The van der Waals surface area contributed by atoms with Gasteiger partial charge in [-0.1, -0.05) is 11.6 Å². The van der Waals surface area contributed by atoms with Gasteiger partial charge in [-0.15, -0.1) is 0 Å². The molecule has 1 unspecified atom stereocenters. The van der Waals surface area contributed by atoms with E-state index in [1.165, 1.54) is 6.07 Å². The molecular formula is C10H9ClF3NO3. The zero-order valence-electron chi connectivity index (χ0n) is 9.08. The lowest BCUT2D eigenvalue weighted by Gasteiger charge is -2.29. The Kier molecular flexibility index (Phi) is 3.78. The van der Waals surface area contributed by atoms with E-state index in [0.717, 1.165) is 19.2 Å². The molecule has 0 aliphatic rings. The highest BCUT2D eigenvalue weighted by Crippen LogP contribution is 2.41. The summed E-state index contributed by atoms with van der Waals surface area (Å²) in [7, 11) is 1.10. The smallest absolute Gasteiger partial charge is 0.421 e. The molecule has 0 fully saturated rings. The number of methoxy groups -OCH3 is 1. The molecule has 0 saturated heterocycles. The molecule has 0 aliphatic carbocycles. The average Bonchev–Trinajstić information content (AvgIpc) is 2.26. The summed E-state index contributed by atoms with van der Waals surface area (Å²) in [5.41, 5.74) is 0.689. The molecular weight excluding hydrogens is 275 g/mol. The lowest BCUT2D eigenvalue weighted by Crippen LogP contribution is -2.56. The molecule has 18 heavy (non-hydrogen) atoms. The zero-order chi connectivity index (χ0) is 14.1. The van der Waals surface area contributed by atoms with Crippen LogP contribution in [0.15, 0.2) is 18.2 Å². The van der Waals surface area contributed by atoms with Gasteiger partial charge in [0, 0.05) is 10.6 Å². The van der Waals surface area contributed by atoms with Gasteiger partial charge >= 0.3 is 12.1 Å². The van der Waals surface area contributed by atoms with Gasteiger partial charge < -0.3 is 15.6 Å². The highest BCUT2D eigenvalue weighted by molar-refractivity contribution is 6.30. The van der Waals surface area contributed by atoms with E-state index in [1.54, 1.807) is 0 Å². The van der Waals surface area contributed by atoms with Crippen LogP contribution in [0.25, 0.3) is 0 Å². The molecule has 1 rings (SSSR count). The molecule has 4 nitrogen and oxygen atoms in total. The summed E-state index contributed by atoms with van der Waals surface area (Å²) in [6, 6.07) is 3.21. The average molecular weight is 284 g/mol. The van der Waals surface area contributed by atoms with E-state index in [4.69, 9.17) is 22.4 Å². The van der Waals surface area contributed by atoms with Gasteiger partial charge in [0.1, 0.15) is 5.75 Å². The van der Waals surface area contributed by atoms with Gasteiger partial charge in [0.25, 0.3) is 0 Å².